The maximum atomic E-state index is 12.9. The van der Waals surface area contributed by atoms with Crippen LogP contribution in [-0.4, -0.2) is 30.1 Å². The van der Waals surface area contributed by atoms with E-state index in [9.17, 15) is 18.0 Å². The number of rotatable bonds is 5. The fraction of sp³-hybridized carbons (Fsp3) is 0.333. The third kappa shape index (κ3) is 8.75. The van der Waals surface area contributed by atoms with Gasteiger partial charge in [0.2, 0.25) is 6.41 Å². The predicted molar refractivity (Wildman–Crippen MR) is 110 cm³/mol. The lowest BCUT2D eigenvalue weighted by molar-refractivity contribution is -0.123. The molecule has 3 rings (SSSR count). The molecular weight excluding hydrogens is 437 g/mol. The molecule has 0 radical (unpaired) electrons. The lowest BCUT2D eigenvalue weighted by atomic mass is 10.1. The highest BCUT2D eigenvalue weighted by molar-refractivity contribution is 6.30. The second-order valence-electron chi connectivity index (χ2n) is 6.93. The van der Waals surface area contributed by atoms with Crippen LogP contribution in [0.4, 0.5) is 13.2 Å². The summed E-state index contributed by atoms with van der Waals surface area (Å²) < 4.78 is 43.0. The molecule has 2 unspecified atom stereocenters. The minimum absolute atomic E-state index is 0.0211. The quantitative estimate of drug-likeness (QED) is 0.588. The highest BCUT2D eigenvalue weighted by atomic mass is 35.5. The Morgan fingerprint density at radius 3 is 2.39 bits per heavy atom. The average molecular weight is 461 g/mol. The maximum absolute atomic E-state index is 12.9. The summed E-state index contributed by atoms with van der Waals surface area (Å²) in [5, 5.41) is 11.5. The topological polar surface area (TPSA) is 102 Å². The van der Waals surface area contributed by atoms with E-state index in [4.69, 9.17) is 26.2 Å². The zero-order chi connectivity index (χ0) is 23.6. The maximum Gasteiger partial charge on any atom is 0.258 e. The molecule has 1 fully saturated rings. The van der Waals surface area contributed by atoms with Crippen LogP contribution in [0.3, 0.4) is 0 Å². The number of aromatic hydroxyl groups is 1. The highest BCUT2D eigenvalue weighted by Crippen LogP contribution is 2.48. The first kappa shape index (κ1) is 26.1. The number of primary amides is 1. The average Bonchev–Trinajstić information content (AvgIpc) is 3.37. The van der Waals surface area contributed by atoms with Gasteiger partial charge < -0.3 is 20.9 Å². The van der Waals surface area contributed by atoms with Crippen LogP contribution in [0.2, 0.25) is 5.02 Å². The molecule has 0 heterocycles. The van der Waals surface area contributed by atoms with E-state index in [1.54, 1.807) is 0 Å². The van der Waals surface area contributed by atoms with E-state index >= 15 is 0 Å². The molecule has 170 valence electrons. The van der Waals surface area contributed by atoms with Crippen LogP contribution in [0.25, 0.3) is 0 Å². The van der Waals surface area contributed by atoms with Gasteiger partial charge in [0.15, 0.2) is 18.2 Å². The molecule has 4 N–H and O–H groups in total. The summed E-state index contributed by atoms with van der Waals surface area (Å²) in [6.45, 7) is 4.01. The van der Waals surface area contributed by atoms with Crippen LogP contribution in [-0.2, 0) is 9.59 Å². The number of nitrogens with one attached hydrogen (secondary N) is 1. The van der Waals surface area contributed by atoms with Gasteiger partial charge in [0.05, 0.1) is 5.02 Å². The smallest absolute Gasteiger partial charge is 0.258 e. The van der Waals surface area contributed by atoms with Gasteiger partial charge in [-0.3, -0.25) is 9.59 Å². The Balaban J connectivity index is 0.000000333. The molecule has 10 heteroatoms. The zero-order valence-corrected chi connectivity index (χ0v) is 17.8. The second kappa shape index (κ2) is 12.0. The standard InChI is InChI=1S/C14H17F2NO2.C6H4ClFO.CH3NO/c1-3-14(2)7-12(14)17-13(18)8-19-9-4-5-10(15)11(16)6-9;7-5-2-1-4(9)3-6(5)8;2-1-3/h4-6,12H,3,7-8H2,1-2H3,(H,17,18);1-3,9H;1H,(H2,2,3). The Hall–Kier alpha value is -2.94. The molecular formula is C21H24ClF3N2O4. The SMILES string of the molecule is CCC1(C)CC1NC(=O)COc1ccc(F)c(F)c1.NC=O.Oc1ccc(Cl)c(F)c1. The molecule has 2 aromatic rings. The molecule has 2 aromatic carbocycles. The second-order valence-corrected chi connectivity index (χ2v) is 7.34. The summed E-state index contributed by atoms with van der Waals surface area (Å²) in [5.41, 5.74) is 4.36. The highest BCUT2D eigenvalue weighted by Gasteiger charge is 2.49. The van der Waals surface area contributed by atoms with Crippen LogP contribution < -0.4 is 15.8 Å². The van der Waals surface area contributed by atoms with Crippen molar-refractivity contribution in [2.45, 2.75) is 32.7 Å². The number of hydrogen-bond acceptors (Lipinski definition) is 4. The first-order chi connectivity index (χ1) is 14.6. The van der Waals surface area contributed by atoms with Gasteiger partial charge in [0, 0.05) is 18.2 Å². The summed E-state index contributed by atoms with van der Waals surface area (Å²) >= 11 is 5.29. The number of carbonyl (C=O) groups excluding carboxylic acids is 2. The Morgan fingerprint density at radius 1 is 1.26 bits per heavy atom. The number of halogens is 4. The van der Waals surface area contributed by atoms with Crippen molar-refractivity contribution in [3.63, 3.8) is 0 Å². The van der Waals surface area contributed by atoms with Gasteiger partial charge in [0.1, 0.15) is 17.3 Å². The van der Waals surface area contributed by atoms with E-state index in [-0.39, 0.29) is 46.9 Å². The number of benzene rings is 2. The first-order valence-corrected chi connectivity index (χ1v) is 9.60. The van der Waals surface area contributed by atoms with Gasteiger partial charge >= 0.3 is 0 Å². The molecule has 31 heavy (non-hydrogen) atoms. The van der Waals surface area contributed by atoms with Crippen LogP contribution in [0.5, 0.6) is 11.5 Å². The van der Waals surface area contributed by atoms with Gasteiger partial charge in [-0.2, -0.15) is 0 Å². The first-order valence-electron chi connectivity index (χ1n) is 9.22. The Bertz CT molecular complexity index is 901. The molecule has 0 bridgehead atoms. The molecule has 0 spiro atoms. The largest absolute Gasteiger partial charge is 0.508 e. The monoisotopic (exact) mass is 460 g/mol. The summed E-state index contributed by atoms with van der Waals surface area (Å²) in [7, 11) is 0. The third-order valence-electron chi connectivity index (χ3n) is 4.66. The Kier molecular flexibility index (Phi) is 10.1. The van der Waals surface area contributed by atoms with Crippen molar-refractivity contribution in [2.24, 2.45) is 11.1 Å². The Morgan fingerprint density at radius 2 is 1.90 bits per heavy atom. The molecule has 1 saturated carbocycles. The van der Waals surface area contributed by atoms with Crippen LogP contribution in [0.1, 0.15) is 26.7 Å². The van der Waals surface area contributed by atoms with E-state index in [2.05, 4.69) is 24.9 Å². The summed E-state index contributed by atoms with van der Waals surface area (Å²) in [5.74, 6) is -2.74. The number of phenolic OH excluding ortho intramolecular Hbond substituents is 1. The van der Waals surface area contributed by atoms with Gasteiger partial charge in [0.25, 0.3) is 5.91 Å². The minimum atomic E-state index is -0.987. The van der Waals surface area contributed by atoms with Crippen LogP contribution >= 0.6 is 11.6 Å². The number of carbonyl (C=O) groups is 2. The van der Waals surface area contributed by atoms with Gasteiger partial charge in [-0.05, 0) is 42.5 Å². The summed E-state index contributed by atoms with van der Waals surface area (Å²) in [6, 6.07) is 6.96. The molecule has 1 aliphatic carbocycles. The number of hydrogen-bond donors (Lipinski definition) is 3. The Labute approximate surface area is 183 Å². The lowest BCUT2D eigenvalue weighted by Crippen LogP contribution is -2.33. The van der Waals surface area contributed by atoms with Gasteiger partial charge in [-0.15, -0.1) is 0 Å². The molecule has 1 aliphatic rings. The molecule has 6 nitrogen and oxygen atoms in total. The van der Waals surface area contributed by atoms with Gasteiger partial charge in [-0.1, -0.05) is 25.4 Å². The molecule has 0 saturated heterocycles. The predicted octanol–water partition coefficient (Wildman–Crippen LogP) is 3.93. The minimum Gasteiger partial charge on any atom is -0.508 e. The lowest BCUT2D eigenvalue weighted by Gasteiger charge is -2.10. The molecule has 2 amide bonds. The molecule has 2 atom stereocenters. The summed E-state index contributed by atoms with van der Waals surface area (Å²) in [4.78, 5) is 20.2. The number of ether oxygens (including phenoxy) is 1. The van der Waals surface area contributed by atoms with Crippen molar-refractivity contribution in [3.05, 3.63) is 58.9 Å². The summed E-state index contributed by atoms with van der Waals surface area (Å²) in [6.07, 6.45) is 2.24. The normalized spacial score (nSPS) is 18.5. The fourth-order valence-corrected chi connectivity index (χ4v) is 2.58. The van der Waals surface area contributed by atoms with E-state index in [0.29, 0.717) is 0 Å². The molecule has 0 aliphatic heterocycles. The van der Waals surface area contributed by atoms with Crippen LogP contribution in [0.15, 0.2) is 36.4 Å². The van der Waals surface area contributed by atoms with Crippen molar-refractivity contribution < 1.29 is 32.6 Å². The van der Waals surface area contributed by atoms with Crippen molar-refractivity contribution in [1.82, 2.24) is 5.32 Å². The number of amides is 2. The molecule has 0 aromatic heterocycles. The number of phenols is 1. The van der Waals surface area contributed by atoms with Crippen molar-refractivity contribution >= 4 is 23.9 Å². The van der Waals surface area contributed by atoms with Crippen molar-refractivity contribution in [3.8, 4) is 11.5 Å². The van der Waals surface area contributed by atoms with Gasteiger partial charge in [-0.25, -0.2) is 13.2 Å². The van der Waals surface area contributed by atoms with Crippen molar-refractivity contribution in [2.75, 3.05) is 6.61 Å². The zero-order valence-electron chi connectivity index (χ0n) is 17.0. The van der Waals surface area contributed by atoms with Crippen LogP contribution in [0, 0.1) is 22.9 Å². The fourth-order valence-electron chi connectivity index (χ4n) is 2.46. The van der Waals surface area contributed by atoms with E-state index < -0.39 is 17.5 Å². The third-order valence-corrected chi connectivity index (χ3v) is 4.97. The van der Waals surface area contributed by atoms with E-state index in [1.807, 2.05) is 0 Å². The number of nitrogens with two attached hydrogens (primary N) is 1. The van der Waals surface area contributed by atoms with E-state index in [0.717, 1.165) is 31.0 Å². The van der Waals surface area contributed by atoms with E-state index in [1.165, 1.54) is 18.2 Å². The van der Waals surface area contributed by atoms with Crippen molar-refractivity contribution in [1.29, 1.82) is 0 Å².